The van der Waals surface area contributed by atoms with E-state index in [0.29, 0.717) is 36.8 Å². The first-order valence-electron chi connectivity index (χ1n) is 8.27. The summed E-state index contributed by atoms with van der Waals surface area (Å²) in [5.74, 6) is 0.936. The van der Waals surface area contributed by atoms with Crippen LogP contribution in [0.3, 0.4) is 0 Å². The van der Waals surface area contributed by atoms with E-state index in [1.165, 1.54) is 6.26 Å². The standard InChI is InChI=1S/C17H27N3O3/c1-11(2)10-15(18)17(22)20-7-4-13(5-8-20)19-16(21)14-6-9-23-12(14)3/h6,9,11,13,15H,4-5,7-8,10,18H2,1-3H3,(H,19,21)/t15-/m0/s1. The third kappa shape index (κ3) is 4.58. The number of amides is 2. The van der Waals surface area contributed by atoms with Crippen LogP contribution in [0.5, 0.6) is 0 Å². The number of nitrogens with zero attached hydrogens (tertiary/aromatic N) is 1. The summed E-state index contributed by atoms with van der Waals surface area (Å²) in [6.07, 6.45) is 3.72. The molecule has 0 bridgehead atoms. The van der Waals surface area contributed by atoms with Crippen molar-refractivity contribution in [1.29, 1.82) is 0 Å². The number of nitrogens with one attached hydrogen (secondary N) is 1. The number of piperidine rings is 1. The quantitative estimate of drug-likeness (QED) is 0.863. The van der Waals surface area contributed by atoms with E-state index in [-0.39, 0.29) is 17.9 Å². The number of likely N-dealkylation sites (tertiary alicyclic amines) is 1. The number of rotatable bonds is 5. The van der Waals surface area contributed by atoms with Crippen LogP contribution in [0.2, 0.25) is 0 Å². The predicted molar refractivity (Wildman–Crippen MR) is 87.9 cm³/mol. The van der Waals surface area contributed by atoms with Crippen LogP contribution < -0.4 is 11.1 Å². The number of carbonyl (C=O) groups excluding carboxylic acids is 2. The summed E-state index contributed by atoms with van der Waals surface area (Å²) >= 11 is 0. The molecule has 1 fully saturated rings. The first kappa shape index (κ1) is 17.5. The molecule has 6 nitrogen and oxygen atoms in total. The minimum Gasteiger partial charge on any atom is -0.469 e. The molecule has 2 amide bonds. The number of aryl methyl sites for hydroxylation is 1. The van der Waals surface area contributed by atoms with E-state index in [0.717, 1.165) is 12.8 Å². The van der Waals surface area contributed by atoms with Crippen molar-refractivity contribution in [2.24, 2.45) is 11.7 Å². The summed E-state index contributed by atoms with van der Waals surface area (Å²) in [5.41, 5.74) is 6.55. The third-order valence-corrected chi connectivity index (χ3v) is 4.29. The molecule has 1 aliphatic rings. The molecule has 0 saturated carbocycles. The fraction of sp³-hybridized carbons (Fsp3) is 0.647. The van der Waals surface area contributed by atoms with Crippen LogP contribution in [-0.2, 0) is 4.79 Å². The molecule has 2 rings (SSSR count). The Bertz CT molecular complexity index is 545. The highest BCUT2D eigenvalue weighted by Gasteiger charge is 2.27. The van der Waals surface area contributed by atoms with Gasteiger partial charge in [0, 0.05) is 19.1 Å². The molecule has 0 radical (unpaired) electrons. The number of nitrogens with two attached hydrogens (primary N) is 1. The zero-order chi connectivity index (χ0) is 17.0. The molecule has 128 valence electrons. The number of carbonyl (C=O) groups is 2. The van der Waals surface area contributed by atoms with Crippen molar-refractivity contribution in [2.45, 2.75) is 52.1 Å². The van der Waals surface area contributed by atoms with Gasteiger partial charge in [-0.1, -0.05) is 13.8 Å². The van der Waals surface area contributed by atoms with E-state index in [9.17, 15) is 9.59 Å². The van der Waals surface area contributed by atoms with Crippen LogP contribution in [-0.4, -0.2) is 41.9 Å². The summed E-state index contributed by atoms with van der Waals surface area (Å²) < 4.78 is 5.15. The fourth-order valence-electron chi connectivity index (χ4n) is 2.97. The Morgan fingerprint density at radius 1 is 1.39 bits per heavy atom. The molecule has 2 heterocycles. The first-order valence-corrected chi connectivity index (χ1v) is 8.27. The van der Waals surface area contributed by atoms with E-state index in [1.807, 2.05) is 4.90 Å². The lowest BCUT2D eigenvalue weighted by Crippen LogP contribution is -2.51. The maximum Gasteiger partial charge on any atom is 0.255 e. The molecule has 0 unspecified atom stereocenters. The van der Waals surface area contributed by atoms with E-state index in [2.05, 4.69) is 19.2 Å². The molecule has 0 spiro atoms. The lowest BCUT2D eigenvalue weighted by Gasteiger charge is -2.34. The van der Waals surface area contributed by atoms with Gasteiger partial charge in [0.05, 0.1) is 17.9 Å². The molecular formula is C17H27N3O3. The highest BCUT2D eigenvalue weighted by Crippen LogP contribution is 2.15. The Balaban J connectivity index is 1.81. The van der Waals surface area contributed by atoms with E-state index < -0.39 is 6.04 Å². The summed E-state index contributed by atoms with van der Waals surface area (Å²) in [7, 11) is 0. The van der Waals surface area contributed by atoms with Gasteiger partial charge in [0.1, 0.15) is 5.76 Å². The van der Waals surface area contributed by atoms with Gasteiger partial charge < -0.3 is 20.4 Å². The van der Waals surface area contributed by atoms with Gasteiger partial charge in [0.25, 0.3) is 5.91 Å². The van der Waals surface area contributed by atoms with Crippen molar-refractivity contribution >= 4 is 11.8 Å². The summed E-state index contributed by atoms with van der Waals surface area (Å²) in [6.45, 7) is 7.17. The number of hydrogen-bond acceptors (Lipinski definition) is 4. The topological polar surface area (TPSA) is 88.6 Å². The maximum absolute atomic E-state index is 12.3. The van der Waals surface area contributed by atoms with Gasteiger partial charge in [-0.15, -0.1) is 0 Å². The Morgan fingerprint density at radius 3 is 2.57 bits per heavy atom. The van der Waals surface area contributed by atoms with Crippen LogP contribution in [0.25, 0.3) is 0 Å². The van der Waals surface area contributed by atoms with E-state index in [4.69, 9.17) is 10.2 Å². The fourth-order valence-corrected chi connectivity index (χ4v) is 2.97. The normalized spacial score (nSPS) is 17.3. The zero-order valence-electron chi connectivity index (χ0n) is 14.2. The van der Waals surface area contributed by atoms with Gasteiger partial charge >= 0.3 is 0 Å². The lowest BCUT2D eigenvalue weighted by atomic mass is 10.0. The van der Waals surface area contributed by atoms with Crippen molar-refractivity contribution in [3.63, 3.8) is 0 Å². The largest absolute Gasteiger partial charge is 0.469 e. The van der Waals surface area contributed by atoms with Crippen LogP contribution in [0, 0.1) is 12.8 Å². The first-order chi connectivity index (χ1) is 10.9. The Hall–Kier alpha value is -1.82. The molecule has 0 aliphatic carbocycles. The highest BCUT2D eigenvalue weighted by molar-refractivity contribution is 5.95. The molecule has 0 aromatic carbocycles. The smallest absolute Gasteiger partial charge is 0.255 e. The molecule has 1 atom stereocenters. The Kier molecular flexibility index (Phi) is 5.82. The molecule has 6 heteroatoms. The van der Waals surface area contributed by atoms with Gasteiger partial charge in [0.2, 0.25) is 5.91 Å². The monoisotopic (exact) mass is 321 g/mol. The van der Waals surface area contributed by atoms with Crippen molar-refractivity contribution in [1.82, 2.24) is 10.2 Å². The molecular weight excluding hydrogens is 294 g/mol. The van der Waals surface area contributed by atoms with Crippen LogP contribution in [0.15, 0.2) is 16.7 Å². The number of furan rings is 1. The van der Waals surface area contributed by atoms with E-state index >= 15 is 0 Å². The van der Waals surface area contributed by atoms with Crippen molar-refractivity contribution in [3.8, 4) is 0 Å². The second-order valence-electron chi connectivity index (χ2n) is 6.70. The number of hydrogen-bond donors (Lipinski definition) is 2. The molecule has 1 aromatic rings. The van der Waals surface area contributed by atoms with Crippen molar-refractivity contribution in [3.05, 3.63) is 23.7 Å². The minimum atomic E-state index is -0.422. The summed E-state index contributed by atoms with van der Waals surface area (Å²) in [4.78, 5) is 26.3. The second kappa shape index (κ2) is 7.64. The average Bonchev–Trinajstić information content (AvgIpc) is 2.93. The van der Waals surface area contributed by atoms with Gasteiger partial charge in [-0.3, -0.25) is 9.59 Å². The van der Waals surface area contributed by atoms with Crippen LogP contribution >= 0.6 is 0 Å². The van der Waals surface area contributed by atoms with Gasteiger partial charge in [-0.2, -0.15) is 0 Å². The van der Waals surface area contributed by atoms with Gasteiger partial charge in [-0.05, 0) is 38.2 Å². The minimum absolute atomic E-state index is 0.0224. The lowest BCUT2D eigenvalue weighted by molar-refractivity contribution is -0.134. The Labute approximate surface area is 137 Å². The van der Waals surface area contributed by atoms with Crippen molar-refractivity contribution in [2.75, 3.05) is 13.1 Å². The molecule has 1 aliphatic heterocycles. The maximum atomic E-state index is 12.3. The molecule has 1 aromatic heterocycles. The van der Waals surface area contributed by atoms with Crippen LogP contribution in [0.4, 0.5) is 0 Å². The van der Waals surface area contributed by atoms with Gasteiger partial charge in [0.15, 0.2) is 0 Å². The molecule has 23 heavy (non-hydrogen) atoms. The van der Waals surface area contributed by atoms with Gasteiger partial charge in [-0.25, -0.2) is 0 Å². The average molecular weight is 321 g/mol. The highest BCUT2D eigenvalue weighted by atomic mass is 16.3. The van der Waals surface area contributed by atoms with E-state index in [1.54, 1.807) is 13.0 Å². The predicted octanol–water partition coefficient (Wildman–Crippen LogP) is 1.68. The summed E-state index contributed by atoms with van der Waals surface area (Å²) in [5, 5.41) is 3.01. The SMILES string of the molecule is Cc1occc1C(=O)NC1CCN(C(=O)[C@@H](N)CC(C)C)CC1. The van der Waals surface area contributed by atoms with Crippen LogP contribution in [0.1, 0.15) is 49.2 Å². The molecule has 1 saturated heterocycles. The van der Waals surface area contributed by atoms with Crippen molar-refractivity contribution < 1.29 is 14.0 Å². The molecule has 3 N–H and O–H groups in total. The third-order valence-electron chi connectivity index (χ3n) is 4.29. The second-order valence-corrected chi connectivity index (χ2v) is 6.70. The zero-order valence-corrected chi connectivity index (χ0v) is 14.2. The summed E-state index contributed by atoms with van der Waals surface area (Å²) in [6, 6.07) is 1.34. The Morgan fingerprint density at radius 2 is 2.04 bits per heavy atom.